The molecule has 0 bridgehead atoms. The molecule has 0 atom stereocenters. The highest BCUT2D eigenvalue weighted by Gasteiger charge is 2.19. The van der Waals surface area contributed by atoms with Gasteiger partial charge >= 0.3 is 5.69 Å². The third kappa shape index (κ3) is 2.55. The molecule has 0 N–H and O–H groups in total. The monoisotopic (exact) mass is 238 g/mol. The van der Waals surface area contributed by atoms with Crippen LogP contribution in [-0.2, 0) is 4.79 Å². The minimum atomic E-state index is -0.602. The van der Waals surface area contributed by atoms with Crippen LogP contribution in [-0.4, -0.2) is 16.2 Å². The van der Waals surface area contributed by atoms with Gasteiger partial charge in [-0.1, -0.05) is 23.4 Å². The number of halogens is 1. The quantitative estimate of drug-likeness (QED) is 0.259. The van der Waals surface area contributed by atoms with Gasteiger partial charge in [0.15, 0.2) is 0 Å². The first-order valence-electron chi connectivity index (χ1n) is 4.30. The molecule has 1 rings (SSSR count). The summed E-state index contributed by atoms with van der Waals surface area (Å²) in [6.07, 6.45) is 2.08. The van der Waals surface area contributed by atoms with Crippen LogP contribution in [0.15, 0.2) is 6.20 Å². The van der Waals surface area contributed by atoms with E-state index in [1.54, 1.807) is 0 Å². The average molecular weight is 239 g/mol. The largest absolute Gasteiger partial charge is 0.310 e. The minimum absolute atomic E-state index is 0.0792. The highest BCUT2D eigenvalue weighted by atomic mass is 35.5. The number of hydrogen-bond donors (Lipinski definition) is 0. The van der Waals surface area contributed by atoms with Crippen molar-refractivity contribution in [3.8, 4) is 11.8 Å². The smallest absolute Gasteiger partial charge is 0.302 e. The van der Waals surface area contributed by atoms with Crippen molar-refractivity contribution < 1.29 is 9.72 Å². The molecule has 0 aromatic carbocycles. The fourth-order valence-corrected chi connectivity index (χ4v) is 1.35. The number of nitro groups is 1. The molecule has 0 radical (unpaired) electrons. The Morgan fingerprint density at radius 1 is 1.69 bits per heavy atom. The van der Waals surface area contributed by atoms with Crippen molar-refractivity contribution >= 4 is 23.6 Å². The molecule has 0 aliphatic rings. The van der Waals surface area contributed by atoms with E-state index in [-0.39, 0.29) is 17.3 Å². The first kappa shape index (κ1) is 12.1. The molecular weight excluding hydrogens is 232 g/mol. The number of aldehydes is 1. The molecule has 0 amide bonds. The van der Waals surface area contributed by atoms with E-state index >= 15 is 0 Å². The molecule has 1 aromatic rings. The van der Waals surface area contributed by atoms with Crippen molar-refractivity contribution in [2.45, 2.75) is 13.3 Å². The van der Waals surface area contributed by atoms with Gasteiger partial charge in [-0.25, -0.2) is 4.98 Å². The van der Waals surface area contributed by atoms with Crippen LogP contribution in [0.4, 0.5) is 5.69 Å². The second-order valence-corrected chi connectivity index (χ2v) is 3.22. The van der Waals surface area contributed by atoms with Gasteiger partial charge in [0, 0.05) is 11.8 Å². The maximum absolute atomic E-state index is 10.7. The molecule has 0 spiro atoms. The van der Waals surface area contributed by atoms with Gasteiger partial charge < -0.3 is 4.79 Å². The average Bonchev–Trinajstić information content (AvgIpc) is 2.21. The zero-order valence-electron chi connectivity index (χ0n) is 8.36. The fraction of sp³-hybridized carbons (Fsp3) is 0.200. The molecule has 16 heavy (non-hydrogen) atoms. The molecule has 1 aromatic heterocycles. The Morgan fingerprint density at radius 2 is 2.38 bits per heavy atom. The molecule has 0 unspecified atom stereocenters. The van der Waals surface area contributed by atoms with E-state index in [9.17, 15) is 14.9 Å². The Labute approximate surface area is 96.6 Å². The Balaban J connectivity index is 3.25. The van der Waals surface area contributed by atoms with Gasteiger partial charge in [0.25, 0.3) is 0 Å². The maximum Gasteiger partial charge on any atom is 0.310 e. The van der Waals surface area contributed by atoms with Crippen LogP contribution in [0, 0.1) is 28.9 Å². The Kier molecular flexibility index (Phi) is 3.97. The summed E-state index contributed by atoms with van der Waals surface area (Å²) in [6.45, 7) is 1.54. The van der Waals surface area contributed by atoms with Crippen molar-refractivity contribution in [3.05, 3.63) is 32.6 Å². The van der Waals surface area contributed by atoms with E-state index in [1.807, 2.05) is 0 Å². The lowest BCUT2D eigenvalue weighted by atomic mass is 10.1. The summed E-state index contributed by atoms with van der Waals surface area (Å²) in [5.74, 6) is 5.18. The van der Waals surface area contributed by atoms with Crippen molar-refractivity contribution in [2.24, 2.45) is 0 Å². The molecule has 0 aliphatic carbocycles. The van der Waals surface area contributed by atoms with E-state index < -0.39 is 4.92 Å². The van der Waals surface area contributed by atoms with Crippen LogP contribution in [0.3, 0.4) is 0 Å². The summed E-state index contributed by atoms with van der Waals surface area (Å²) in [4.78, 5) is 23.8. The zero-order chi connectivity index (χ0) is 12.1. The molecule has 82 valence electrons. The minimum Gasteiger partial charge on any atom is -0.302 e. The summed E-state index contributed by atoms with van der Waals surface area (Å²) in [7, 11) is 0. The number of hydrogen-bond acceptors (Lipinski definition) is 4. The number of rotatable bonds is 2. The molecule has 0 aliphatic heterocycles. The lowest BCUT2D eigenvalue weighted by Gasteiger charge is -2.00. The van der Waals surface area contributed by atoms with Crippen LogP contribution in [0.5, 0.6) is 0 Å². The van der Waals surface area contributed by atoms with Crippen molar-refractivity contribution in [1.29, 1.82) is 0 Å². The van der Waals surface area contributed by atoms with E-state index in [0.717, 1.165) is 0 Å². The second kappa shape index (κ2) is 5.24. The Bertz CT molecular complexity index is 503. The van der Waals surface area contributed by atoms with E-state index in [1.165, 1.54) is 13.1 Å². The molecular formula is C10H7ClN2O3. The second-order valence-electron chi connectivity index (χ2n) is 2.87. The number of nitrogens with zero attached hydrogens (tertiary/aromatic N) is 2. The summed E-state index contributed by atoms with van der Waals surface area (Å²) >= 11 is 5.60. The van der Waals surface area contributed by atoms with Gasteiger partial charge in [0.2, 0.25) is 5.15 Å². The number of carbonyl (C=O) groups excluding carboxylic acids is 1. The normalized spacial score (nSPS) is 9.12. The van der Waals surface area contributed by atoms with Gasteiger partial charge in [0.05, 0.1) is 16.9 Å². The Morgan fingerprint density at radius 3 is 2.94 bits per heavy atom. The highest BCUT2D eigenvalue weighted by molar-refractivity contribution is 6.31. The molecule has 0 saturated carbocycles. The zero-order valence-corrected chi connectivity index (χ0v) is 9.11. The van der Waals surface area contributed by atoms with E-state index in [2.05, 4.69) is 16.8 Å². The molecule has 6 heteroatoms. The number of aromatic nitrogens is 1. The van der Waals surface area contributed by atoms with E-state index in [4.69, 9.17) is 11.6 Å². The summed E-state index contributed by atoms with van der Waals surface area (Å²) in [5, 5.41) is 10.5. The van der Waals surface area contributed by atoms with Gasteiger partial charge in [-0.2, -0.15) is 0 Å². The lowest BCUT2D eigenvalue weighted by Crippen LogP contribution is -1.97. The summed E-state index contributed by atoms with van der Waals surface area (Å²) in [6, 6.07) is 0. The van der Waals surface area contributed by atoms with Crippen LogP contribution in [0.1, 0.15) is 17.5 Å². The first-order chi connectivity index (χ1) is 7.57. The molecule has 5 nitrogen and oxygen atoms in total. The van der Waals surface area contributed by atoms with Gasteiger partial charge in [-0.05, 0) is 6.92 Å². The first-order valence-corrected chi connectivity index (χ1v) is 4.67. The van der Waals surface area contributed by atoms with Crippen LogP contribution < -0.4 is 0 Å². The van der Waals surface area contributed by atoms with Gasteiger partial charge in [-0.3, -0.25) is 10.1 Å². The van der Waals surface area contributed by atoms with Crippen LogP contribution in [0.2, 0.25) is 5.15 Å². The predicted molar refractivity (Wildman–Crippen MR) is 58.2 cm³/mol. The standard InChI is InChI=1S/C10H7ClN2O3/c1-7-8(4-2-3-5-14)6-12-10(11)9(7)13(15)16/h5-6H,3H2,1H3. The fourth-order valence-electron chi connectivity index (χ4n) is 1.09. The third-order valence-electron chi connectivity index (χ3n) is 1.85. The Hall–Kier alpha value is -1.93. The van der Waals surface area contributed by atoms with Crippen molar-refractivity contribution in [3.63, 3.8) is 0 Å². The summed E-state index contributed by atoms with van der Waals surface area (Å²) < 4.78 is 0. The highest BCUT2D eigenvalue weighted by Crippen LogP contribution is 2.27. The van der Waals surface area contributed by atoms with Gasteiger partial charge in [-0.15, -0.1) is 0 Å². The summed E-state index contributed by atoms with van der Waals surface area (Å²) in [5.41, 5.74) is 0.501. The lowest BCUT2D eigenvalue weighted by molar-refractivity contribution is -0.385. The molecule has 0 fully saturated rings. The SMILES string of the molecule is Cc1c(C#CCC=O)cnc(Cl)c1[N+](=O)[O-]. The molecule has 1 heterocycles. The molecule has 0 saturated heterocycles. The number of pyridine rings is 1. The van der Waals surface area contributed by atoms with Crippen molar-refractivity contribution in [2.75, 3.05) is 0 Å². The predicted octanol–water partition coefficient (Wildman–Crippen LogP) is 1.89. The van der Waals surface area contributed by atoms with Gasteiger partial charge in [0.1, 0.15) is 6.29 Å². The van der Waals surface area contributed by atoms with E-state index in [0.29, 0.717) is 17.4 Å². The topological polar surface area (TPSA) is 73.1 Å². The van der Waals surface area contributed by atoms with Crippen LogP contribution in [0.25, 0.3) is 0 Å². The van der Waals surface area contributed by atoms with Crippen LogP contribution >= 0.6 is 11.6 Å². The number of carbonyl (C=O) groups is 1. The van der Waals surface area contributed by atoms with Crippen molar-refractivity contribution in [1.82, 2.24) is 4.98 Å². The maximum atomic E-state index is 10.7. The third-order valence-corrected chi connectivity index (χ3v) is 2.13.